The third kappa shape index (κ3) is 2.16. The van der Waals surface area contributed by atoms with Crippen molar-refractivity contribution in [2.24, 2.45) is 5.73 Å². The lowest BCUT2D eigenvalue weighted by Gasteiger charge is -2.34. The van der Waals surface area contributed by atoms with Gasteiger partial charge in [0.25, 0.3) is 10.2 Å². The average molecular weight is 235 g/mol. The first-order valence-electron chi connectivity index (χ1n) is 5.22. The fourth-order valence-electron chi connectivity index (χ4n) is 1.96. The molecule has 0 saturated carbocycles. The number of nitrogens with zero attached hydrogens (tertiary/aromatic N) is 2. The van der Waals surface area contributed by atoms with Crippen LogP contribution < -0.4 is 5.73 Å². The molecule has 0 radical (unpaired) electrons. The van der Waals surface area contributed by atoms with Gasteiger partial charge < -0.3 is 10.5 Å². The molecule has 0 spiro atoms. The van der Waals surface area contributed by atoms with E-state index in [0.717, 1.165) is 12.8 Å². The Balaban J connectivity index is 2.12. The first-order valence-corrected chi connectivity index (χ1v) is 6.62. The number of ether oxygens (including phenoxy) is 1. The Morgan fingerprint density at radius 3 is 2.47 bits per heavy atom. The van der Waals surface area contributed by atoms with Crippen LogP contribution in [-0.2, 0) is 14.9 Å². The van der Waals surface area contributed by atoms with Crippen molar-refractivity contribution in [2.75, 3.05) is 32.8 Å². The highest BCUT2D eigenvalue weighted by molar-refractivity contribution is 7.86. The van der Waals surface area contributed by atoms with Crippen molar-refractivity contribution in [3.8, 4) is 0 Å². The molecule has 15 heavy (non-hydrogen) atoms. The number of hydrogen-bond acceptors (Lipinski definition) is 4. The van der Waals surface area contributed by atoms with E-state index in [1.165, 1.54) is 8.61 Å². The van der Waals surface area contributed by atoms with Crippen LogP contribution in [0, 0.1) is 0 Å². The van der Waals surface area contributed by atoms with E-state index < -0.39 is 16.4 Å². The third-order valence-corrected chi connectivity index (χ3v) is 4.87. The molecule has 0 aromatic heterocycles. The summed E-state index contributed by atoms with van der Waals surface area (Å²) in [5.74, 6) is 0. The van der Waals surface area contributed by atoms with Crippen molar-refractivity contribution < 1.29 is 13.2 Å². The molecule has 0 aliphatic carbocycles. The van der Waals surface area contributed by atoms with Gasteiger partial charge in [-0.3, -0.25) is 0 Å². The van der Waals surface area contributed by atoms with E-state index >= 15 is 0 Å². The molecule has 7 heteroatoms. The highest BCUT2D eigenvalue weighted by Crippen LogP contribution is 2.18. The highest BCUT2D eigenvalue weighted by Gasteiger charge is 2.36. The molecule has 2 heterocycles. The third-order valence-electron chi connectivity index (χ3n) is 2.80. The molecule has 2 N–H and O–H groups in total. The van der Waals surface area contributed by atoms with Crippen LogP contribution in [-0.4, -0.2) is 56.0 Å². The quantitative estimate of drug-likeness (QED) is 0.662. The summed E-state index contributed by atoms with van der Waals surface area (Å²) in [5, 5.41) is 0. The Labute approximate surface area is 90.2 Å². The number of morpholine rings is 1. The van der Waals surface area contributed by atoms with Crippen molar-refractivity contribution in [1.29, 1.82) is 0 Å². The van der Waals surface area contributed by atoms with Gasteiger partial charge >= 0.3 is 0 Å². The van der Waals surface area contributed by atoms with E-state index in [-0.39, 0.29) is 6.61 Å². The minimum atomic E-state index is -3.35. The topological polar surface area (TPSA) is 75.9 Å². The van der Waals surface area contributed by atoms with Gasteiger partial charge in [0.2, 0.25) is 0 Å². The van der Waals surface area contributed by atoms with Crippen molar-refractivity contribution in [2.45, 2.75) is 19.0 Å². The Bertz CT molecular complexity index is 313. The lowest BCUT2D eigenvalue weighted by molar-refractivity contribution is 0.0325. The molecule has 0 amide bonds. The molecule has 2 fully saturated rings. The Morgan fingerprint density at radius 2 is 1.87 bits per heavy atom. The van der Waals surface area contributed by atoms with Gasteiger partial charge in [0.1, 0.15) is 0 Å². The van der Waals surface area contributed by atoms with Crippen LogP contribution in [0.3, 0.4) is 0 Å². The maximum absolute atomic E-state index is 12.1. The molecule has 2 saturated heterocycles. The van der Waals surface area contributed by atoms with Crippen molar-refractivity contribution in [3.05, 3.63) is 0 Å². The van der Waals surface area contributed by atoms with Crippen molar-refractivity contribution >= 4 is 10.2 Å². The van der Waals surface area contributed by atoms with E-state index in [4.69, 9.17) is 10.5 Å². The van der Waals surface area contributed by atoms with Crippen molar-refractivity contribution in [3.63, 3.8) is 0 Å². The summed E-state index contributed by atoms with van der Waals surface area (Å²) in [4.78, 5) is 0. The van der Waals surface area contributed by atoms with Gasteiger partial charge in [-0.15, -0.1) is 0 Å². The lowest BCUT2D eigenvalue weighted by Crippen LogP contribution is -2.56. The molecule has 2 aliphatic rings. The summed E-state index contributed by atoms with van der Waals surface area (Å²) in [7, 11) is -3.35. The summed E-state index contributed by atoms with van der Waals surface area (Å²) in [6, 6.07) is 0. The summed E-state index contributed by atoms with van der Waals surface area (Å²) >= 11 is 0. The van der Waals surface area contributed by atoms with Crippen LogP contribution in [0.15, 0.2) is 0 Å². The van der Waals surface area contributed by atoms with Gasteiger partial charge in [0.05, 0.1) is 19.4 Å². The number of rotatable bonds is 2. The highest BCUT2D eigenvalue weighted by atomic mass is 32.2. The fraction of sp³-hybridized carbons (Fsp3) is 1.00. The second-order valence-electron chi connectivity index (χ2n) is 3.87. The predicted octanol–water partition coefficient (Wildman–Crippen LogP) is -1.06. The Kier molecular flexibility index (Phi) is 3.27. The van der Waals surface area contributed by atoms with Crippen LogP contribution in [0.2, 0.25) is 0 Å². The van der Waals surface area contributed by atoms with Crippen molar-refractivity contribution in [1.82, 2.24) is 8.61 Å². The van der Waals surface area contributed by atoms with E-state index in [9.17, 15) is 8.42 Å². The first-order chi connectivity index (χ1) is 7.12. The second kappa shape index (κ2) is 4.34. The molecule has 88 valence electrons. The SMILES string of the molecule is NC1COCCN1S(=O)(=O)N1CCCC1. The number of hydrogen-bond donors (Lipinski definition) is 1. The molecule has 2 rings (SSSR count). The smallest absolute Gasteiger partial charge is 0.283 e. The first kappa shape index (κ1) is 11.3. The second-order valence-corrected chi connectivity index (χ2v) is 5.75. The maximum Gasteiger partial charge on any atom is 0.283 e. The van der Waals surface area contributed by atoms with E-state index in [0.29, 0.717) is 26.2 Å². The molecular weight excluding hydrogens is 218 g/mol. The molecule has 1 unspecified atom stereocenters. The number of nitrogens with two attached hydrogens (primary N) is 1. The summed E-state index contributed by atoms with van der Waals surface area (Å²) in [6.07, 6.45) is 1.35. The Hall–Kier alpha value is -0.210. The normalized spacial score (nSPS) is 30.9. The molecule has 2 aliphatic heterocycles. The van der Waals surface area contributed by atoms with E-state index in [1.54, 1.807) is 0 Å². The zero-order valence-corrected chi connectivity index (χ0v) is 9.45. The van der Waals surface area contributed by atoms with Crippen LogP contribution in [0.1, 0.15) is 12.8 Å². The van der Waals surface area contributed by atoms with Crippen LogP contribution >= 0.6 is 0 Å². The van der Waals surface area contributed by atoms with Crippen LogP contribution in [0.4, 0.5) is 0 Å². The molecule has 1 atom stereocenters. The molecule has 6 nitrogen and oxygen atoms in total. The monoisotopic (exact) mass is 235 g/mol. The predicted molar refractivity (Wildman–Crippen MR) is 55.2 cm³/mol. The summed E-state index contributed by atoms with van der Waals surface area (Å²) < 4.78 is 32.2. The van der Waals surface area contributed by atoms with Gasteiger partial charge in [0, 0.05) is 19.6 Å². The largest absolute Gasteiger partial charge is 0.377 e. The molecule has 0 aromatic rings. The van der Waals surface area contributed by atoms with Gasteiger partial charge in [-0.05, 0) is 12.8 Å². The minimum Gasteiger partial charge on any atom is -0.377 e. The van der Waals surface area contributed by atoms with Crippen LogP contribution in [0.25, 0.3) is 0 Å². The van der Waals surface area contributed by atoms with Gasteiger partial charge in [-0.2, -0.15) is 17.0 Å². The summed E-state index contributed by atoms with van der Waals surface area (Å²) in [5.41, 5.74) is 5.73. The minimum absolute atomic E-state index is 0.285. The standard InChI is InChI=1S/C8H17N3O3S/c9-8-7-14-6-5-11(8)15(12,13)10-3-1-2-4-10/h8H,1-7,9H2. The zero-order chi connectivity index (χ0) is 10.9. The Morgan fingerprint density at radius 1 is 1.20 bits per heavy atom. The molecule has 0 bridgehead atoms. The van der Waals surface area contributed by atoms with Crippen LogP contribution in [0.5, 0.6) is 0 Å². The van der Waals surface area contributed by atoms with Gasteiger partial charge in [0.15, 0.2) is 0 Å². The average Bonchev–Trinajstić information content (AvgIpc) is 2.71. The summed E-state index contributed by atoms with van der Waals surface area (Å²) in [6.45, 7) is 2.31. The lowest BCUT2D eigenvalue weighted by atomic mass is 10.4. The van der Waals surface area contributed by atoms with E-state index in [1.807, 2.05) is 0 Å². The maximum atomic E-state index is 12.1. The van der Waals surface area contributed by atoms with E-state index in [2.05, 4.69) is 0 Å². The van der Waals surface area contributed by atoms with Gasteiger partial charge in [-0.1, -0.05) is 0 Å². The zero-order valence-electron chi connectivity index (χ0n) is 8.63. The molecule has 0 aromatic carbocycles. The van der Waals surface area contributed by atoms with Gasteiger partial charge in [-0.25, -0.2) is 0 Å². The molecular formula is C8H17N3O3S. The fourth-order valence-corrected chi connectivity index (χ4v) is 3.69.